The van der Waals surface area contributed by atoms with Crippen molar-refractivity contribution in [3.05, 3.63) is 11.6 Å². The van der Waals surface area contributed by atoms with Gasteiger partial charge < -0.3 is 14.2 Å². The van der Waals surface area contributed by atoms with E-state index in [1.54, 1.807) is 5.57 Å². The van der Waals surface area contributed by atoms with E-state index in [1.807, 2.05) is 0 Å². The number of allylic oxidation sites excluding steroid dienone is 1. The van der Waals surface area contributed by atoms with Crippen molar-refractivity contribution in [2.24, 2.45) is 56.7 Å². The fourth-order valence-electron chi connectivity index (χ4n) is 15.7. The molecular formula is C48H84O3. The number of hydrogen-bond donors (Lipinski definition) is 0. The first kappa shape index (κ1) is 40.3. The molecule has 3 heteroatoms. The van der Waals surface area contributed by atoms with Crippen LogP contribution in [0.1, 0.15) is 199 Å². The Morgan fingerprint density at radius 1 is 0.431 bits per heavy atom. The quantitative estimate of drug-likeness (QED) is 0.235. The van der Waals surface area contributed by atoms with Crippen LogP contribution >= 0.6 is 0 Å². The smallest absolute Gasteiger partial charge is 0.0688 e. The van der Waals surface area contributed by atoms with Crippen LogP contribution in [0.25, 0.3) is 0 Å². The Morgan fingerprint density at radius 2 is 0.843 bits per heavy atom. The molecule has 5 saturated carbocycles. The molecule has 51 heavy (non-hydrogen) atoms. The van der Waals surface area contributed by atoms with Gasteiger partial charge in [0, 0.05) is 13.2 Å². The van der Waals surface area contributed by atoms with Gasteiger partial charge in [0.2, 0.25) is 0 Å². The minimum Gasteiger partial charge on any atom is -0.375 e. The molecule has 3 nitrogen and oxygen atoms in total. The predicted octanol–water partition coefficient (Wildman–Crippen LogP) is 13.5. The molecule has 3 heterocycles. The van der Waals surface area contributed by atoms with Crippen molar-refractivity contribution in [2.45, 2.75) is 215 Å². The molecule has 5 aliphatic carbocycles. The largest absolute Gasteiger partial charge is 0.375 e. The lowest BCUT2D eigenvalue weighted by atomic mass is 9.45. The van der Waals surface area contributed by atoms with E-state index in [9.17, 15) is 0 Å². The summed E-state index contributed by atoms with van der Waals surface area (Å²) in [5.41, 5.74) is 4.73. The Bertz CT molecular complexity index is 1170. The van der Waals surface area contributed by atoms with Crippen molar-refractivity contribution in [2.75, 3.05) is 19.8 Å². The van der Waals surface area contributed by atoms with Gasteiger partial charge in [0.25, 0.3) is 0 Å². The Morgan fingerprint density at radius 3 is 1.33 bits per heavy atom. The molecule has 8 aliphatic rings. The standard InChI is InChI=1S/3C16H28O/c2*1-14(2)8-5-9-15(3)12(14)6-10-16(4)13(15)7-11-17-16;1-13-7-5-12-17-16(4)11-6-10-15(2,3)14(16)9-8-13/h2*12-13H,5-11H2,1-4H3;7,14H,5-6,8-12H2,1-4H3/b;;13-7-/t12-,13-,15-,16+;12-,13-,15-,16-;14-,16-/m000/s1. The maximum Gasteiger partial charge on any atom is 0.0688 e. The summed E-state index contributed by atoms with van der Waals surface area (Å²) in [4.78, 5) is 0. The van der Waals surface area contributed by atoms with Crippen LogP contribution in [0.5, 0.6) is 0 Å². The highest BCUT2D eigenvalue weighted by atomic mass is 16.5. The van der Waals surface area contributed by atoms with Crippen molar-refractivity contribution < 1.29 is 14.2 Å². The molecule has 0 aromatic rings. The Labute approximate surface area is 317 Å². The minimum absolute atomic E-state index is 0.125. The topological polar surface area (TPSA) is 27.7 Å². The van der Waals surface area contributed by atoms with E-state index in [2.05, 4.69) is 89.2 Å². The van der Waals surface area contributed by atoms with Crippen LogP contribution in [0, 0.1) is 56.7 Å². The van der Waals surface area contributed by atoms with E-state index in [4.69, 9.17) is 14.2 Å². The van der Waals surface area contributed by atoms with Gasteiger partial charge in [0.05, 0.1) is 23.4 Å². The third-order valence-corrected chi connectivity index (χ3v) is 18.2. The lowest BCUT2D eigenvalue weighted by Crippen LogP contribution is -2.55. The van der Waals surface area contributed by atoms with E-state index < -0.39 is 0 Å². The number of rotatable bonds is 0. The summed E-state index contributed by atoms with van der Waals surface area (Å²) in [6.07, 6.45) is 26.5. The fourth-order valence-corrected chi connectivity index (χ4v) is 15.7. The third kappa shape index (κ3) is 7.48. The summed E-state index contributed by atoms with van der Waals surface area (Å²) in [6, 6.07) is 0. The predicted molar refractivity (Wildman–Crippen MR) is 215 cm³/mol. The highest BCUT2D eigenvalue weighted by molar-refractivity contribution is 5.11. The maximum absolute atomic E-state index is 6.29. The zero-order chi connectivity index (χ0) is 37.1. The summed E-state index contributed by atoms with van der Waals surface area (Å²) >= 11 is 0. The molecule has 0 radical (unpaired) electrons. The summed E-state index contributed by atoms with van der Waals surface area (Å²) < 4.78 is 18.5. The number of hydrogen-bond acceptors (Lipinski definition) is 3. The van der Waals surface area contributed by atoms with Gasteiger partial charge in [-0.1, -0.05) is 86.3 Å². The molecule has 0 aromatic carbocycles. The van der Waals surface area contributed by atoms with Crippen molar-refractivity contribution >= 4 is 0 Å². The summed E-state index contributed by atoms with van der Waals surface area (Å²) in [5, 5.41) is 0. The Kier molecular flexibility index (Phi) is 11.3. The highest BCUT2D eigenvalue weighted by Crippen LogP contribution is 2.66. The van der Waals surface area contributed by atoms with Crippen molar-refractivity contribution in [3.63, 3.8) is 0 Å². The van der Waals surface area contributed by atoms with Gasteiger partial charge in [-0.15, -0.1) is 0 Å². The summed E-state index contributed by atoms with van der Waals surface area (Å²) in [7, 11) is 0. The van der Waals surface area contributed by atoms with Crippen LogP contribution in [-0.4, -0.2) is 36.6 Å². The van der Waals surface area contributed by atoms with Gasteiger partial charge in [-0.25, -0.2) is 0 Å². The van der Waals surface area contributed by atoms with Gasteiger partial charge in [0.1, 0.15) is 0 Å². The maximum atomic E-state index is 6.29. The average Bonchev–Trinajstić information content (AvgIpc) is 3.64. The second-order valence-corrected chi connectivity index (χ2v) is 22.8. The second kappa shape index (κ2) is 14.3. The molecule has 0 N–H and O–H groups in total. The summed E-state index contributed by atoms with van der Waals surface area (Å²) in [6.45, 7) is 32.4. The number of fused-ring (bicyclic) bond motifs is 7. The van der Waals surface area contributed by atoms with Crippen LogP contribution < -0.4 is 0 Å². The van der Waals surface area contributed by atoms with Crippen molar-refractivity contribution in [3.8, 4) is 0 Å². The first-order chi connectivity index (χ1) is 23.7. The SMILES string of the molecule is C/C1=C/CCO[C@@]2(C)CCCC(C)(C)[C@@H]2CC1.CC1(C)CCC[C@@]2(C)[C@H]1CC[C@@]1(C)OCC[C@@H]21.CC1(C)CCC[C@@]2(C)[C@H]1CC[C@]1(C)OCC[C@@H]21. The van der Waals surface area contributed by atoms with Gasteiger partial charge in [-0.05, 0) is 181 Å². The summed E-state index contributed by atoms with van der Waals surface area (Å²) in [5.74, 6) is 4.18. The molecule has 294 valence electrons. The van der Waals surface area contributed by atoms with Gasteiger partial charge in [-0.3, -0.25) is 0 Å². The molecule has 0 spiro atoms. The van der Waals surface area contributed by atoms with Crippen LogP contribution in [0.15, 0.2) is 11.6 Å². The first-order valence-electron chi connectivity index (χ1n) is 22.3. The van der Waals surface area contributed by atoms with Gasteiger partial charge >= 0.3 is 0 Å². The Balaban J connectivity index is 0.000000132. The van der Waals surface area contributed by atoms with Gasteiger partial charge in [0.15, 0.2) is 0 Å². The fraction of sp³-hybridized carbons (Fsp3) is 0.958. The number of ether oxygens (including phenoxy) is 3. The average molecular weight is 709 g/mol. The molecule has 0 unspecified atom stereocenters. The lowest BCUT2D eigenvalue weighted by molar-refractivity contribution is -0.147. The van der Waals surface area contributed by atoms with Crippen LogP contribution in [-0.2, 0) is 14.2 Å². The highest BCUT2D eigenvalue weighted by Gasteiger charge is 2.61. The normalized spacial score (nSPS) is 49.1. The zero-order valence-corrected chi connectivity index (χ0v) is 36.0. The van der Waals surface area contributed by atoms with Crippen molar-refractivity contribution in [1.29, 1.82) is 0 Å². The third-order valence-electron chi connectivity index (χ3n) is 18.2. The van der Waals surface area contributed by atoms with E-state index in [1.165, 1.54) is 109 Å². The van der Waals surface area contributed by atoms with E-state index in [0.29, 0.717) is 33.0 Å². The van der Waals surface area contributed by atoms with Gasteiger partial charge in [-0.2, -0.15) is 0 Å². The molecule has 0 aromatic heterocycles. The monoisotopic (exact) mass is 709 g/mol. The zero-order valence-electron chi connectivity index (χ0n) is 36.0. The molecule has 0 bridgehead atoms. The van der Waals surface area contributed by atoms with Crippen LogP contribution in [0.2, 0.25) is 0 Å². The molecule has 3 aliphatic heterocycles. The van der Waals surface area contributed by atoms with Crippen LogP contribution in [0.3, 0.4) is 0 Å². The Hall–Kier alpha value is -0.380. The molecule has 10 atom stereocenters. The molecule has 7 fully saturated rings. The lowest BCUT2D eigenvalue weighted by Gasteiger charge is -2.60. The molecular weight excluding hydrogens is 625 g/mol. The van der Waals surface area contributed by atoms with E-state index in [-0.39, 0.29) is 16.8 Å². The second-order valence-electron chi connectivity index (χ2n) is 22.8. The van der Waals surface area contributed by atoms with Crippen molar-refractivity contribution in [1.82, 2.24) is 0 Å². The van der Waals surface area contributed by atoms with Crippen LogP contribution in [0.4, 0.5) is 0 Å². The first-order valence-corrected chi connectivity index (χ1v) is 22.3. The van der Waals surface area contributed by atoms with E-state index in [0.717, 1.165) is 49.9 Å². The van der Waals surface area contributed by atoms with E-state index >= 15 is 0 Å². The molecule has 2 saturated heterocycles. The molecule has 8 rings (SSSR count). The minimum atomic E-state index is 0.125. The molecule has 0 amide bonds.